The van der Waals surface area contributed by atoms with Crippen LogP contribution < -0.4 is 0 Å². The Labute approximate surface area is 333 Å². The first-order chi connectivity index (χ1) is 28.8. The molecule has 1 aliphatic carbocycles. The van der Waals surface area contributed by atoms with Gasteiger partial charge in [-0.15, -0.1) is 0 Å². The van der Waals surface area contributed by atoms with E-state index in [1.165, 1.54) is 10.8 Å². The molecule has 272 valence electrons. The van der Waals surface area contributed by atoms with Gasteiger partial charge in [-0.25, -0.2) is 15.0 Å². The molecule has 0 fully saturated rings. The number of benzene rings is 8. The molecule has 0 bridgehead atoms. The highest BCUT2D eigenvalue weighted by Crippen LogP contribution is 2.46. The Morgan fingerprint density at radius 1 is 0.397 bits per heavy atom. The van der Waals surface area contributed by atoms with Crippen LogP contribution >= 0.6 is 0 Å². The van der Waals surface area contributed by atoms with E-state index in [1.807, 2.05) is 36.4 Å². The molecule has 8 aromatic carbocycles. The lowest BCUT2D eigenvalue weighted by Gasteiger charge is -2.17. The molecular formula is C53H33N3O2. The lowest BCUT2D eigenvalue weighted by Crippen LogP contribution is -2.08. The highest BCUT2D eigenvalue weighted by molar-refractivity contribution is 6.20. The van der Waals surface area contributed by atoms with E-state index in [9.17, 15) is 0 Å². The molecule has 12 rings (SSSR count). The van der Waals surface area contributed by atoms with Gasteiger partial charge in [0, 0.05) is 44.2 Å². The SMILES string of the molecule is C1=CCC(c2nc(-c3ccc(-c4ccc(-c5cccc6ccccc56)c5oc6ccccc6c45)c4ccccc34)nc(-c3cccc4oc5ccccc5c34)n2)C=C1. The van der Waals surface area contributed by atoms with Crippen molar-refractivity contribution in [3.8, 4) is 45.0 Å². The molecule has 0 amide bonds. The van der Waals surface area contributed by atoms with Crippen molar-refractivity contribution in [2.45, 2.75) is 12.3 Å². The number of aromatic nitrogens is 3. The van der Waals surface area contributed by atoms with Crippen LogP contribution in [0.1, 0.15) is 18.2 Å². The quantitative estimate of drug-likeness (QED) is 0.176. The Kier molecular flexibility index (Phi) is 7.29. The summed E-state index contributed by atoms with van der Waals surface area (Å²) in [6.07, 6.45) is 9.34. The summed E-state index contributed by atoms with van der Waals surface area (Å²) in [5, 5.41) is 8.80. The second-order valence-corrected chi connectivity index (χ2v) is 15.0. The molecule has 1 aliphatic rings. The van der Waals surface area contributed by atoms with E-state index in [1.54, 1.807) is 0 Å². The molecule has 0 N–H and O–H groups in total. The van der Waals surface area contributed by atoms with E-state index in [0.717, 1.165) is 100 Å². The summed E-state index contributed by atoms with van der Waals surface area (Å²) >= 11 is 0. The summed E-state index contributed by atoms with van der Waals surface area (Å²) in [5.74, 6) is 2.04. The highest BCUT2D eigenvalue weighted by Gasteiger charge is 2.23. The summed E-state index contributed by atoms with van der Waals surface area (Å²) in [7, 11) is 0. The largest absolute Gasteiger partial charge is 0.456 e. The normalized spacial score (nSPS) is 14.2. The van der Waals surface area contributed by atoms with Gasteiger partial charge in [-0.3, -0.25) is 0 Å². The molecule has 1 unspecified atom stereocenters. The molecule has 3 heterocycles. The Balaban J connectivity index is 1.08. The van der Waals surface area contributed by atoms with Crippen molar-refractivity contribution < 1.29 is 8.83 Å². The fraction of sp³-hybridized carbons (Fsp3) is 0.0377. The Morgan fingerprint density at radius 3 is 1.78 bits per heavy atom. The third-order valence-corrected chi connectivity index (χ3v) is 11.7. The van der Waals surface area contributed by atoms with Gasteiger partial charge in [0.2, 0.25) is 0 Å². The van der Waals surface area contributed by atoms with Crippen LogP contribution in [0.25, 0.3) is 110 Å². The Morgan fingerprint density at radius 2 is 0.966 bits per heavy atom. The van der Waals surface area contributed by atoms with Gasteiger partial charge in [0.15, 0.2) is 11.6 Å². The second kappa shape index (κ2) is 13.0. The van der Waals surface area contributed by atoms with Crippen molar-refractivity contribution in [1.82, 2.24) is 15.0 Å². The summed E-state index contributed by atoms with van der Waals surface area (Å²) in [5.41, 5.74) is 9.71. The second-order valence-electron chi connectivity index (χ2n) is 15.0. The Hall–Kier alpha value is -7.63. The average molecular weight is 744 g/mol. The van der Waals surface area contributed by atoms with E-state index >= 15 is 0 Å². The van der Waals surface area contributed by atoms with E-state index in [2.05, 4.69) is 146 Å². The van der Waals surface area contributed by atoms with Gasteiger partial charge < -0.3 is 8.83 Å². The zero-order valence-electron chi connectivity index (χ0n) is 31.3. The third kappa shape index (κ3) is 5.07. The molecule has 1 atom stereocenters. The molecule has 0 saturated carbocycles. The molecule has 0 aliphatic heterocycles. The van der Waals surface area contributed by atoms with E-state index in [4.69, 9.17) is 23.8 Å². The molecule has 11 aromatic rings. The number of fused-ring (bicyclic) bond motifs is 8. The molecule has 5 heteroatoms. The molecule has 58 heavy (non-hydrogen) atoms. The van der Waals surface area contributed by atoms with Crippen LogP contribution in [0.3, 0.4) is 0 Å². The fourth-order valence-electron chi connectivity index (χ4n) is 8.99. The minimum absolute atomic E-state index is 0.0271. The van der Waals surface area contributed by atoms with Gasteiger partial charge in [0.25, 0.3) is 0 Å². The van der Waals surface area contributed by atoms with Gasteiger partial charge in [0.05, 0.1) is 0 Å². The van der Waals surface area contributed by atoms with Crippen LogP contribution in [-0.2, 0) is 0 Å². The predicted molar refractivity (Wildman–Crippen MR) is 237 cm³/mol. The molecule has 0 spiro atoms. The number of furan rings is 2. The van der Waals surface area contributed by atoms with Crippen molar-refractivity contribution in [3.05, 3.63) is 188 Å². The number of allylic oxidation sites excluding steroid dienone is 4. The van der Waals surface area contributed by atoms with Crippen LogP contribution in [-0.4, -0.2) is 15.0 Å². The zero-order valence-corrected chi connectivity index (χ0v) is 31.3. The van der Waals surface area contributed by atoms with Crippen molar-refractivity contribution in [2.75, 3.05) is 0 Å². The van der Waals surface area contributed by atoms with E-state index in [-0.39, 0.29) is 5.92 Å². The molecular weight excluding hydrogens is 711 g/mol. The maximum atomic E-state index is 6.79. The maximum Gasteiger partial charge on any atom is 0.164 e. The number of hydrogen-bond acceptors (Lipinski definition) is 5. The first-order valence-electron chi connectivity index (χ1n) is 19.7. The van der Waals surface area contributed by atoms with Crippen LogP contribution in [0.5, 0.6) is 0 Å². The van der Waals surface area contributed by atoms with Gasteiger partial charge in [-0.2, -0.15) is 0 Å². The van der Waals surface area contributed by atoms with Crippen molar-refractivity contribution in [2.24, 2.45) is 0 Å². The van der Waals surface area contributed by atoms with Gasteiger partial charge in [-0.1, -0.05) is 152 Å². The van der Waals surface area contributed by atoms with Gasteiger partial charge in [0.1, 0.15) is 28.2 Å². The highest BCUT2D eigenvalue weighted by atomic mass is 16.3. The summed E-state index contributed by atoms with van der Waals surface area (Å²) < 4.78 is 13.1. The minimum Gasteiger partial charge on any atom is -0.456 e. The first kappa shape index (κ1) is 32.6. The maximum absolute atomic E-state index is 6.79. The third-order valence-electron chi connectivity index (χ3n) is 11.7. The summed E-state index contributed by atoms with van der Waals surface area (Å²) in [4.78, 5) is 15.7. The lowest BCUT2D eigenvalue weighted by molar-refractivity contribution is 0.669. The van der Waals surface area contributed by atoms with Crippen LogP contribution in [0.15, 0.2) is 191 Å². The smallest absolute Gasteiger partial charge is 0.164 e. The molecule has 0 radical (unpaired) electrons. The topological polar surface area (TPSA) is 65.0 Å². The average Bonchev–Trinajstić information content (AvgIpc) is 3.88. The molecule has 5 nitrogen and oxygen atoms in total. The number of hydrogen-bond donors (Lipinski definition) is 0. The summed E-state index contributed by atoms with van der Waals surface area (Å²) in [6.45, 7) is 0. The Bertz CT molecular complexity index is 3510. The van der Waals surface area contributed by atoms with Crippen molar-refractivity contribution in [1.29, 1.82) is 0 Å². The van der Waals surface area contributed by atoms with Crippen molar-refractivity contribution in [3.63, 3.8) is 0 Å². The standard InChI is InChI=1S/C53H33N3O2/c1-2-15-33(16-3-1)51-54-52(56-53(55-51)44-24-13-27-47-48(44)42-21-8-10-25-45(42)57-47)41-31-28-38(36-19-6-7-20-37(36)41)39-29-30-40(35-23-12-17-32-14-4-5-18-34(32)35)50-49(39)43-22-9-11-26-46(43)58-50/h1-15,17-31,33H,16H2. The van der Waals surface area contributed by atoms with E-state index in [0.29, 0.717) is 11.6 Å². The van der Waals surface area contributed by atoms with Gasteiger partial charge >= 0.3 is 0 Å². The molecule has 3 aromatic heterocycles. The van der Waals surface area contributed by atoms with E-state index < -0.39 is 0 Å². The van der Waals surface area contributed by atoms with Crippen LogP contribution in [0.4, 0.5) is 0 Å². The first-order valence-corrected chi connectivity index (χ1v) is 19.7. The predicted octanol–water partition coefficient (Wildman–Crippen LogP) is 14.2. The minimum atomic E-state index is 0.0271. The lowest BCUT2D eigenvalue weighted by atomic mass is 9.89. The summed E-state index contributed by atoms with van der Waals surface area (Å²) in [6, 6.07) is 55.1. The van der Waals surface area contributed by atoms with Crippen LogP contribution in [0, 0.1) is 0 Å². The number of rotatable bonds is 5. The monoisotopic (exact) mass is 743 g/mol. The fourth-order valence-corrected chi connectivity index (χ4v) is 8.99. The van der Waals surface area contributed by atoms with Crippen molar-refractivity contribution >= 4 is 65.4 Å². The number of para-hydroxylation sites is 2. The zero-order chi connectivity index (χ0) is 38.2. The van der Waals surface area contributed by atoms with Gasteiger partial charge in [-0.05, 0) is 75.0 Å². The van der Waals surface area contributed by atoms with Crippen LogP contribution in [0.2, 0.25) is 0 Å². The molecule has 0 saturated heterocycles. The number of nitrogens with zero attached hydrogens (tertiary/aromatic N) is 3.